The lowest BCUT2D eigenvalue weighted by atomic mass is 9.81. The van der Waals surface area contributed by atoms with E-state index in [4.69, 9.17) is 0 Å². The molecule has 5 rings (SSSR count). The average molecular weight is 478 g/mol. The fourth-order valence-electron chi connectivity index (χ4n) is 5.14. The summed E-state index contributed by atoms with van der Waals surface area (Å²) in [7, 11) is -3.05. The summed E-state index contributed by atoms with van der Waals surface area (Å²) in [5.74, 6) is 0. The fourth-order valence-corrected chi connectivity index (χ4v) is 5.14. The minimum Gasteiger partial charge on any atom is -0.423 e. The average Bonchev–Trinajstić information content (AvgIpc) is 2.85. The normalized spacial score (nSPS) is 11.3. The lowest BCUT2D eigenvalue weighted by Crippen LogP contribution is -2.43. The van der Waals surface area contributed by atoms with Crippen molar-refractivity contribution in [2.24, 2.45) is 0 Å². The molecular formula is C28H28B2N2O4+2. The summed E-state index contributed by atoms with van der Waals surface area (Å²) in [6.07, 6.45) is 7.57. The predicted molar refractivity (Wildman–Crippen MR) is 142 cm³/mol. The first-order valence-corrected chi connectivity index (χ1v) is 11.9. The smallest absolute Gasteiger partial charge is 0.423 e. The Bertz CT molecular complexity index is 1410. The van der Waals surface area contributed by atoms with Crippen molar-refractivity contribution in [3.05, 3.63) is 108 Å². The molecule has 0 aliphatic rings. The number of pyridine rings is 2. The number of rotatable bonds is 6. The number of hydrogen-bond acceptors (Lipinski definition) is 4. The summed E-state index contributed by atoms with van der Waals surface area (Å²) < 4.78 is 4.00. The third-order valence-corrected chi connectivity index (χ3v) is 6.59. The molecule has 0 fully saturated rings. The Morgan fingerprint density at radius 3 is 1.19 bits per heavy atom. The Morgan fingerprint density at radius 2 is 0.889 bits per heavy atom. The van der Waals surface area contributed by atoms with Gasteiger partial charge in [-0.25, -0.2) is 9.13 Å². The van der Waals surface area contributed by atoms with Gasteiger partial charge in [0, 0.05) is 33.2 Å². The topological polar surface area (TPSA) is 88.7 Å². The molecule has 4 N–H and O–H groups in total. The monoisotopic (exact) mass is 478 g/mol. The van der Waals surface area contributed by atoms with Crippen molar-refractivity contribution in [2.45, 2.75) is 26.9 Å². The van der Waals surface area contributed by atoms with Crippen LogP contribution < -0.4 is 20.1 Å². The number of hydrogen-bond donors (Lipinski definition) is 4. The van der Waals surface area contributed by atoms with Gasteiger partial charge in [0.05, 0.1) is 0 Å². The van der Waals surface area contributed by atoms with Crippen LogP contribution >= 0.6 is 0 Å². The Labute approximate surface area is 210 Å². The minimum absolute atomic E-state index is 0.456. The zero-order valence-corrected chi connectivity index (χ0v) is 20.3. The van der Waals surface area contributed by atoms with Crippen LogP contribution in [-0.2, 0) is 13.1 Å². The zero-order chi connectivity index (χ0) is 25.4. The van der Waals surface area contributed by atoms with Gasteiger partial charge in [-0.2, -0.15) is 0 Å². The number of fused-ring (bicyclic) bond motifs is 2. The van der Waals surface area contributed by atoms with Gasteiger partial charge in [-0.15, -0.1) is 0 Å². The van der Waals surface area contributed by atoms with Gasteiger partial charge in [-0.1, -0.05) is 48.5 Å². The molecule has 8 heteroatoms. The van der Waals surface area contributed by atoms with Gasteiger partial charge >= 0.3 is 14.2 Å². The first-order chi connectivity index (χ1) is 17.3. The van der Waals surface area contributed by atoms with Crippen molar-refractivity contribution < 1.29 is 29.2 Å². The van der Waals surface area contributed by atoms with Crippen molar-refractivity contribution in [3.8, 4) is 0 Å². The Hall–Kier alpha value is -3.55. The maximum Gasteiger partial charge on any atom is 0.494 e. The fraction of sp³-hybridized carbons (Fsp3) is 0.143. The van der Waals surface area contributed by atoms with Crippen LogP contribution in [0.4, 0.5) is 0 Å². The molecule has 0 spiro atoms. The van der Waals surface area contributed by atoms with Crippen molar-refractivity contribution in [2.75, 3.05) is 0 Å². The molecule has 0 radical (unpaired) electrons. The molecule has 0 atom stereocenters. The van der Waals surface area contributed by atoms with E-state index in [0.717, 1.165) is 43.8 Å². The molecule has 5 aromatic rings. The first-order valence-electron chi connectivity index (χ1n) is 11.9. The number of aromatic nitrogens is 2. The summed E-state index contributed by atoms with van der Waals surface area (Å²) in [5.41, 5.74) is 5.11. The molecule has 0 amide bonds. The van der Waals surface area contributed by atoms with Gasteiger partial charge < -0.3 is 20.1 Å². The lowest BCUT2D eigenvalue weighted by molar-refractivity contribution is -0.687. The van der Waals surface area contributed by atoms with Crippen LogP contribution in [0.25, 0.3) is 21.5 Å². The molecule has 2 heterocycles. The highest BCUT2D eigenvalue weighted by Crippen LogP contribution is 2.33. The van der Waals surface area contributed by atoms with Gasteiger partial charge in [0.2, 0.25) is 0 Å². The Balaban J connectivity index is 1.71. The van der Waals surface area contributed by atoms with Crippen molar-refractivity contribution in [1.82, 2.24) is 0 Å². The molecule has 0 saturated carbocycles. The van der Waals surface area contributed by atoms with Crippen LogP contribution in [0.2, 0.25) is 0 Å². The first kappa shape index (κ1) is 24.2. The van der Waals surface area contributed by atoms with Crippen LogP contribution in [0.15, 0.2) is 85.5 Å². The Kier molecular flexibility index (Phi) is 6.60. The highest BCUT2D eigenvalue weighted by molar-refractivity contribution is 6.58. The molecule has 0 unspecified atom stereocenters. The van der Waals surface area contributed by atoms with Crippen LogP contribution in [0.1, 0.15) is 22.3 Å². The zero-order valence-electron chi connectivity index (χ0n) is 20.3. The third-order valence-electron chi connectivity index (χ3n) is 6.59. The molecular weight excluding hydrogens is 450 g/mol. The van der Waals surface area contributed by atoms with E-state index < -0.39 is 14.2 Å². The van der Waals surface area contributed by atoms with Crippen molar-refractivity contribution in [3.63, 3.8) is 0 Å². The number of benzene rings is 3. The second-order valence-electron chi connectivity index (χ2n) is 9.43. The molecule has 178 valence electrons. The summed E-state index contributed by atoms with van der Waals surface area (Å²) >= 11 is 0. The maximum absolute atomic E-state index is 9.74. The van der Waals surface area contributed by atoms with Gasteiger partial charge in [0.15, 0.2) is 37.9 Å². The van der Waals surface area contributed by atoms with E-state index in [9.17, 15) is 20.1 Å². The van der Waals surface area contributed by atoms with E-state index in [0.29, 0.717) is 24.0 Å². The molecule has 0 bridgehead atoms. The highest BCUT2D eigenvalue weighted by atomic mass is 16.4. The second-order valence-corrected chi connectivity index (χ2v) is 9.43. The van der Waals surface area contributed by atoms with Crippen molar-refractivity contribution in [1.29, 1.82) is 0 Å². The molecule has 6 nitrogen and oxygen atoms in total. The van der Waals surface area contributed by atoms with Crippen LogP contribution in [-0.4, -0.2) is 34.3 Å². The Morgan fingerprint density at radius 1 is 0.556 bits per heavy atom. The van der Waals surface area contributed by atoms with E-state index in [1.54, 1.807) is 24.5 Å². The number of nitrogens with zero attached hydrogens (tertiary/aromatic N) is 2. The van der Waals surface area contributed by atoms with E-state index in [2.05, 4.69) is 24.3 Å². The highest BCUT2D eigenvalue weighted by Gasteiger charge is 2.22. The molecule has 2 aromatic heterocycles. The second kappa shape index (κ2) is 9.84. The standard InChI is InChI=1S/C28H28B2N2O4/c1-19-11-21(29(33)34)15-31(13-19)17-27-23-7-3-5-9-25(23)28(26-10-6-4-8-24(26)27)18-32-14-20(2)12-22(16-32)30(35)36/h3-16,33-36H,17-18H2,1-2H3/q+2. The van der Waals surface area contributed by atoms with E-state index in [1.807, 2.05) is 59.6 Å². The largest absolute Gasteiger partial charge is 0.494 e. The number of aryl methyl sites for hydroxylation is 2. The molecule has 0 aliphatic carbocycles. The molecule has 3 aromatic carbocycles. The molecule has 0 aliphatic heterocycles. The SMILES string of the molecule is Cc1cc(B(O)O)c[n+](Cc2c3ccccc3c(C[n+]3cc(C)cc(B(O)O)c3)c3ccccc23)c1. The predicted octanol–water partition coefficient (Wildman–Crippen LogP) is 0.641. The molecule has 36 heavy (non-hydrogen) atoms. The minimum atomic E-state index is -1.53. The van der Waals surface area contributed by atoms with E-state index >= 15 is 0 Å². The maximum atomic E-state index is 9.74. The van der Waals surface area contributed by atoms with Gasteiger partial charge in [0.1, 0.15) is 0 Å². The van der Waals surface area contributed by atoms with E-state index in [1.165, 1.54) is 0 Å². The van der Waals surface area contributed by atoms with Gasteiger partial charge in [-0.05, 0) is 47.5 Å². The van der Waals surface area contributed by atoms with Crippen LogP contribution in [0, 0.1) is 13.8 Å². The van der Waals surface area contributed by atoms with Gasteiger partial charge in [-0.3, -0.25) is 0 Å². The third kappa shape index (κ3) is 4.76. The van der Waals surface area contributed by atoms with Crippen LogP contribution in [0.5, 0.6) is 0 Å². The summed E-state index contributed by atoms with van der Waals surface area (Å²) in [6, 6.07) is 20.2. The van der Waals surface area contributed by atoms with Crippen LogP contribution in [0.3, 0.4) is 0 Å². The lowest BCUT2D eigenvalue weighted by Gasteiger charge is -2.15. The molecule has 0 saturated heterocycles. The quantitative estimate of drug-likeness (QED) is 0.164. The summed E-state index contributed by atoms with van der Waals surface area (Å²) in [5, 5.41) is 43.5. The van der Waals surface area contributed by atoms with E-state index in [-0.39, 0.29) is 0 Å². The summed E-state index contributed by atoms with van der Waals surface area (Å²) in [4.78, 5) is 0. The van der Waals surface area contributed by atoms with Crippen molar-refractivity contribution >= 4 is 46.7 Å². The summed E-state index contributed by atoms with van der Waals surface area (Å²) in [6.45, 7) is 5.03. The van der Waals surface area contributed by atoms with Gasteiger partial charge in [0.25, 0.3) is 0 Å².